The van der Waals surface area contributed by atoms with E-state index in [-0.39, 0.29) is 31.8 Å². The molecule has 0 amide bonds. The predicted molar refractivity (Wildman–Crippen MR) is 160 cm³/mol. The Balaban J connectivity index is 2.31. The first kappa shape index (κ1) is 31.0. The molecule has 0 aromatic heterocycles. The van der Waals surface area contributed by atoms with Crippen LogP contribution in [0.5, 0.6) is 0 Å². The van der Waals surface area contributed by atoms with Gasteiger partial charge in [-0.15, -0.1) is 0 Å². The van der Waals surface area contributed by atoms with Gasteiger partial charge in [0, 0.05) is 31.8 Å². The monoisotopic (exact) mass is 532 g/mol. The molecule has 3 aromatic rings. The molecule has 39 heavy (non-hydrogen) atoms. The van der Waals surface area contributed by atoms with Gasteiger partial charge in [-0.05, 0) is 110 Å². The Hall–Kier alpha value is -2.50. The summed E-state index contributed by atoms with van der Waals surface area (Å²) in [6.07, 6.45) is 10.4. The molecular weight excluding hydrogens is 484 g/mol. The molecule has 0 saturated carbocycles. The van der Waals surface area contributed by atoms with Crippen LogP contribution in [0.4, 0.5) is 0 Å². The average molecular weight is 533 g/mol. The van der Waals surface area contributed by atoms with Crippen LogP contribution in [0.25, 0.3) is 0 Å². The molecule has 212 valence electrons. The number of hydrogen-bond donors (Lipinski definition) is 4. The zero-order valence-corrected chi connectivity index (χ0v) is 23.5. The summed E-state index contributed by atoms with van der Waals surface area (Å²) < 4.78 is 0. The first-order chi connectivity index (χ1) is 19.2. The topological polar surface area (TPSA) is 80.9 Å². The van der Waals surface area contributed by atoms with Crippen LogP contribution in [-0.2, 0) is 24.7 Å². The molecule has 0 fully saturated rings. The summed E-state index contributed by atoms with van der Waals surface area (Å²) >= 11 is 0. The molecule has 0 aliphatic rings. The second-order valence-corrected chi connectivity index (χ2v) is 10.6. The molecule has 3 rings (SSSR count). The van der Waals surface area contributed by atoms with Gasteiger partial charge in [0.05, 0.1) is 0 Å². The first-order valence-corrected chi connectivity index (χ1v) is 14.9. The minimum absolute atomic E-state index is 0.180. The zero-order valence-electron chi connectivity index (χ0n) is 23.5. The van der Waals surface area contributed by atoms with Gasteiger partial charge in [-0.25, -0.2) is 0 Å². The normalized spacial score (nSPS) is 11.7. The third-order valence-corrected chi connectivity index (χ3v) is 8.01. The van der Waals surface area contributed by atoms with E-state index in [9.17, 15) is 20.4 Å². The van der Waals surface area contributed by atoms with Gasteiger partial charge in [0.15, 0.2) is 0 Å². The van der Waals surface area contributed by atoms with Gasteiger partial charge in [0.2, 0.25) is 0 Å². The molecule has 0 bridgehead atoms. The maximum Gasteiger partial charge on any atom is 0.0454 e. The van der Waals surface area contributed by atoms with Gasteiger partial charge >= 0.3 is 0 Å². The Labute approximate surface area is 235 Å². The molecule has 0 aliphatic heterocycles. The molecule has 0 unspecified atom stereocenters. The summed E-state index contributed by atoms with van der Waals surface area (Å²) in [5.74, 6) is 0. The van der Waals surface area contributed by atoms with Gasteiger partial charge in [-0.3, -0.25) is 0 Å². The number of aliphatic hydroxyl groups excluding tert-OH is 4. The summed E-state index contributed by atoms with van der Waals surface area (Å²) in [5, 5.41) is 38.3. The zero-order chi connectivity index (χ0) is 27.8. The van der Waals surface area contributed by atoms with Crippen LogP contribution in [0.15, 0.2) is 72.8 Å². The minimum Gasteiger partial charge on any atom is -0.396 e. The standard InChI is InChI=1S/C35H48O4/c36-25-11-7-15-29-22-23-34(33(21-9-13-27-38)32(29)20-8-12-26-37)35(24-10-14-28-39,30-16-3-1-4-17-30)31-18-5-2-6-19-31/h1-6,16-19,22-23,36-39H,7-15,20-21,24-28H2. The third-order valence-electron chi connectivity index (χ3n) is 8.01. The van der Waals surface area contributed by atoms with Crippen LogP contribution in [0.1, 0.15) is 91.2 Å². The lowest BCUT2D eigenvalue weighted by Gasteiger charge is -2.39. The quantitative estimate of drug-likeness (QED) is 0.111. The fraction of sp³-hybridized carbons (Fsp3) is 0.486. The average Bonchev–Trinajstić information content (AvgIpc) is 2.98. The number of aliphatic hydroxyl groups is 4. The fourth-order valence-corrected chi connectivity index (χ4v) is 6.08. The summed E-state index contributed by atoms with van der Waals surface area (Å²) in [6, 6.07) is 26.2. The van der Waals surface area contributed by atoms with Crippen LogP contribution in [0, 0.1) is 0 Å². The summed E-state index contributed by atoms with van der Waals surface area (Å²) in [4.78, 5) is 0. The smallest absolute Gasteiger partial charge is 0.0454 e. The second kappa shape index (κ2) is 17.2. The van der Waals surface area contributed by atoms with E-state index in [0.29, 0.717) is 0 Å². The largest absolute Gasteiger partial charge is 0.396 e. The Morgan fingerprint density at radius 2 is 0.897 bits per heavy atom. The fourth-order valence-electron chi connectivity index (χ4n) is 6.08. The van der Waals surface area contributed by atoms with E-state index >= 15 is 0 Å². The molecule has 0 aliphatic carbocycles. The molecule has 0 heterocycles. The van der Waals surface area contributed by atoms with Gasteiger partial charge in [0.25, 0.3) is 0 Å². The van der Waals surface area contributed by atoms with E-state index < -0.39 is 0 Å². The van der Waals surface area contributed by atoms with Crippen molar-refractivity contribution in [3.63, 3.8) is 0 Å². The molecule has 3 aromatic carbocycles. The molecule has 0 saturated heterocycles. The summed E-state index contributed by atoms with van der Waals surface area (Å²) in [7, 11) is 0. The van der Waals surface area contributed by atoms with Crippen molar-refractivity contribution in [2.45, 2.75) is 82.5 Å². The molecule has 0 spiro atoms. The van der Waals surface area contributed by atoms with Gasteiger partial charge in [-0.2, -0.15) is 0 Å². The highest BCUT2D eigenvalue weighted by atomic mass is 16.3. The van der Waals surface area contributed by atoms with Crippen molar-refractivity contribution in [1.82, 2.24) is 0 Å². The Bertz CT molecular complexity index is 1030. The van der Waals surface area contributed by atoms with Crippen molar-refractivity contribution in [2.24, 2.45) is 0 Å². The molecule has 0 radical (unpaired) electrons. The second-order valence-electron chi connectivity index (χ2n) is 10.6. The molecule has 0 atom stereocenters. The highest BCUT2D eigenvalue weighted by Gasteiger charge is 2.38. The van der Waals surface area contributed by atoms with Crippen molar-refractivity contribution >= 4 is 0 Å². The van der Waals surface area contributed by atoms with Gasteiger partial charge in [-0.1, -0.05) is 72.8 Å². The Morgan fingerprint density at radius 3 is 1.41 bits per heavy atom. The van der Waals surface area contributed by atoms with E-state index in [1.54, 1.807) is 0 Å². The van der Waals surface area contributed by atoms with Crippen LogP contribution in [0.3, 0.4) is 0 Å². The Morgan fingerprint density at radius 1 is 0.436 bits per heavy atom. The van der Waals surface area contributed by atoms with Crippen LogP contribution < -0.4 is 0 Å². The van der Waals surface area contributed by atoms with Gasteiger partial charge in [0.1, 0.15) is 0 Å². The van der Waals surface area contributed by atoms with Gasteiger partial charge < -0.3 is 20.4 Å². The predicted octanol–water partition coefficient (Wildman–Crippen LogP) is 6.13. The van der Waals surface area contributed by atoms with Crippen molar-refractivity contribution in [2.75, 3.05) is 26.4 Å². The molecule has 4 nitrogen and oxygen atoms in total. The number of hydrogen-bond acceptors (Lipinski definition) is 4. The van der Waals surface area contributed by atoms with Crippen molar-refractivity contribution in [3.8, 4) is 0 Å². The molecular formula is C35H48O4. The minimum atomic E-state index is -0.373. The maximum atomic E-state index is 9.71. The van der Waals surface area contributed by atoms with E-state index in [2.05, 4.69) is 72.8 Å². The van der Waals surface area contributed by atoms with Crippen molar-refractivity contribution in [3.05, 3.63) is 106 Å². The summed E-state index contributed by atoms with van der Waals surface area (Å²) in [6.45, 7) is 0.763. The highest BCUT2D eigenvalue weighted by molar-refractivity contribution is 5.56. The van der Waals surface area contributed by atoms with Crippen molar-refractivity contribution in [1.29, 1.82) is 0 Å². The van der Waals surface area contributed by atoms with Crippen LogP contribution in [-0.4, -0.2) is 46.9 Å². The van der Waals surface area contributed by atoms with E-state index in [1.807, 2.05) is 0 Å². The number of aryl methyl sites for hydroxylation is 1. The molecule has 4 N–H and O–H groups in total. The van der Waals surface area contributed by atoms with E-state index in [1.165, 1.54) is 33.4 Å². The number of benzene rings is 3. The highest BCUT2D eigenvalue weighted by Crippen LogP contribution is 2.46. The van der Waals surface area contributed by atoms with E-state index in [0.717, 1.165) is 77.0 Å². The lowest BCUT2D eigenvalue weighted by atomic mass is 9.64. The first-order valence-electron chi connectivity index (χ1n) is 14.9. The molecule has 4 heteroatoms. The lowest BCUT2D eigenvalue weighted by Crippen LogP contribution is -2.32. The van der Waals surface area contributed by atoms with Crippen molar-refractivity contribution < 1.29 is 20.4 Å². The summed E-state index contributed by atoms with van der Waals surface area (Å²) in [5.41, 5.74) is 7.56. The number of unbranched alkanes of at least 4 members (excludes halogenated alkanes) is 4. The number of rotatable bonds is 19. The Kier molecular flexibility index (Phi) is 13.7. The van der Waals surface area contributed by atoms with Crippen LogP contribution in [0.2, 0.25) is 0 Å². The lowest BCUT2D eigenvalue weighted by molar-refractivity contribution is 0.279. The maximum absolute atomic E-state index is 9.71. The van der Waals surface area contributed by atoms with E-state index in [4.69, 9.17) is 0 Å². The third kappa shape index (κ3) is 8.25. The SMILES string of the molecule is OCCCCc1ccc(C(CCCCO)(c2ccccc2)c2ccccc2)c(CCCCO)c1CCCCO. The van der Waals surface area contributed by atoms with Crippen LogP contribution >= 0.6 is 0 Å².